The summed E-state index contributed by atoms with van der Waals surface area (Å²) in [7, 11) is 0. The van der Waals surface area contributed by atoms with Crippen LogP contribution in [0.3, 0.4) is 0 Å². The van der Waals surface area contributed by atoms with Gasteiger partial charge in [-0.2, -0.15) is 0 Å². The summed E-state index contributed by atoms with van der Waals surface area (Å²) in [6.07, 6.45) is 4.32. The minimum absolute atomic E-state index is 0.208. The summed E-state index contributed by atoms with van der Waals surface area (Å²) in [4.78, 5) is 0. The molecule has 0 amide bonds. The van der Waals surface area contributed by atoms with Gasteiger partial charge in [-0.3, -0.25) is 0 Å². The molecular weight excluding hydrogens is 140 g/mol. The summed E-state index contributed by atoms with van der Waals surface area (Å²) in [5, 5.41) is 16.1. The van der Waals surface area contributed by atoms with Crippen LogP contribution in [0.2, 0.25) is 0 Å². The van der Waals surface area contributed by atoms with Crippen LogP contribution in [-0.2, 0) is 0 Å². The molecule has 0 aliphatic rings. The van der Waals surface area contributed by atoms with Gasteiger partial charge < -0.3 is 10.2 Å². The summed E-state index contributed by atoms with van der Waals surface area (Å²) < 4.78 is 0. The maximum absolute atomic E-state index is 8.49. The van der Waals surface area contributed by atoms with Gasteiger partial charge in [0, 0.05) is 6.61 Å². The van der Waals surface area contributed by atoms with Crippen molar-refractivity contribution in [1.82, 2.24) is 0 Å². The van der Waals surface area contributed by atoms with Gasteiger partial charge in [0.1, 0.15) is 0 Å². The van der Waals surface area contributed by atoms with Gasteiger partial charge in [-0.1, -0.05) is 25.0 Å². The molecule has 0 bridgehead atoms. The second-order valence-corrected chi connectivity index (χ2v) is 2.31. The van der Waals surface area contributed by atoms with Crippen molar-refractivity contribution in [3.8, 4) is 0 Å². The molecule has 0 saturated heterocycles. The zero-order valence-corrected chi connectivity index (χ0v) is 7.80. The van der Waals surface area contributed by atoms with E-state index in [1.165, 1.54) is 0 Å². The highest BCUT2D eigenvalue weighted by atomic mass is 16.3. The van der Waals surface area contributed by atoms with Crippen LogP contribution in [0.5, 0.6) is 0 Å². The van der Waals surface area contributed by atoms with Crippen molar-refractivity contribution >= 4 is 0 Å². The van der Waals surface area contributed by atoms with Crippen LogP contribution >= 0.6 is 0 Å². The maximum atomic E-state index is 8.49. The topological polar surface area (TPSA) is 40.5 Å². The van der Waals surface area contributed by atoms with Crippen LogP contribution in [0.4, 0.5) is 0 Å². The second-order valence-electron chi connectivity index (χ2n) is 2.31. The Morgan fingerprint density at radius 2 is 1.73 bits per heavy atom. The molecule has 0 aromatic heterocycles. The lowest BCUT2D eigenvalue weighted by Gasteiger charge is -1.90. The first-order valence-corrected chi connectivity index (χ1v) is 4.10. The lowest BCUT2D eigenvalue weighted by molar-refractivity contribution is 0.318. The SMILES string of the molecule is CCC/C=C(/C)CO.CCO. The van der Waals surface area contributed by atoms with E-state index in [1.807, 2.05) is 6.92 Å². The van der Waals surface area contributed by atoms with E-state index in [9.17, 15) is 0 Å². The van der Waals surface area contributed by atoms with Crippen molar-refractivity contribution in [1.29, 1.82) is 0 Å². The standard InChI is InChI=1S/C7H14O.C2H6O/c1-3-4-5-7(2)6-8;1-2-3/h5,8H,3-4,6H2,1-2H3;3H,2H2,1H3/b7-5-;. The third kappa shape index (κ3) is 17.7. The molecule has 0 unspecified atom stereocenters. The number of aliphatic hydroxyl groups excluding tert-OH is 2. The lowest BCUT2D eigenvalue weighted by atomic mass is 10.2. The number of unbranched alkanes of at least 4 members (excludes halogenated alkanes) is 1. The molecule has 0 atom stereocenters. The predicted octanol–water partition coefficient (Wildman–Crippen LogP) is 1.72. The van der Waals surface area contributed by atoms with Gasteiger partial charge in [0.25, 0.3) is 0 Å². The molecule has 0 radical (unpaired) electrons. The van der Waals surface area contributed by atoms with Crippen LogP contribution < -0.4 is 0 Å². The molecule has 2 N–H and O–H groups in total. The summed E-state index contributed by atoms with van der Waals surface area (Å²) in [6, 6.07) is 0. The highest BCUT2D eigenvalue weighted by molar-refractivity contribution is 4.96. The highest BCUT2D eigenvalue weighted by Crippen LogP contribution is 1.95. The molecule has 0 aromatic carbocycles. The Kier molecular flexibility index (Phi) is 14.9. The Labute approximate surface area is 69.6 Å². The van der Waals surface area contributed by atoms with Gasteiger partial charge in [0.05, 0.1) is 6.61 Å². The first-order valence-electron chi connectivity index (χ1n) is 4.10. The van der Waals surface area contributed by atoms with Crippen LogP contribution in [-0.4, -0.2) is 23.4 Å². The van der Waals surface area contributed by atoms with Crippen LogP contribution in [0, 0.1) is 0 Å². The molecule has 2 nitrogen and oxygen atoms in total. The Morgan fingerprint density at radius 3 is 2.00 bits per heavy atom. The summed E-state index contributed by atoms with van der Waals surface area (Å²) in [5.41, 5.74) is 1.08. The van der Waals surface area contributed by atoms with Crippen LogP contribution in [0.25, 0.3) is 0 Å². The van der Waals surface area contributed by atoms with Gasteiger partial charge in [-0.25, -0.2) is 0 Å². The van der Waals surface area contributed by atoms with Crippen molar-refractivity contribution in [3.63, 3.8) is 0 Å². The van der Waals surface area contributed by atoms with Gasteiger partial charge in [0.15, 0.2) is 0 Å². The Balaban J connectivity index is 0. The zero-order valence-electron chi connectivity index (χ0n) is 7.80. The van der Waals surface area contributed by atoms with E-state index >= 15 is 0 Å². The Bertz CT molecular complexity index is 87.6. The van der Waals surface area contributed by atoms with Crippen LogP contribution in [0.1, 0.15) is 33.6 Å². The molecule has 0 rings (SSSR count). The van der Waals surface area contributed by atoms with Gasteiger partial charge >= 0.3 is 0 Å². The Hall–Kier alpha value is -0.340. The summed E-state index contributed by atoms with van der Waals surface area (Å²) in [5.74, 6) is 0. The summed E-state index contributed by atoms with van der Waals surface area (Å²) >= 11 is 0. The Morgan fingerprint density at radius 1 is 1.27 bits per heavy atom. The highest BCUT2D eigenvalue weighted by Gasteiger charge is 1.80. The summed E-state index contributed by atoms with van der Waals surface area (Å²) in [6.45, 7) is 6.21. The molecule has 0 fully saturated rings. The van der Waals surface area contributed by atoms with Crippen molar-refractivity contribution in [2.45, 2.75) is 33.6 Å². The van der Waals surface area contributed by atoms with Crippen molar-refractivity contribution in [2.75, 3.05) is 13.2 Å². The molecule has 2 heteroatoms. The minimum atomic E-state index is 0.208. The third-order valence-electron chi connectivity index (χ3n) is 1.03. The third-order valence-corrected chi connectivity index (χ3v) is 1.03. The monoisotopic (exact) mass is 160 g/mol. The van der Waals surface area contributed by atoms with E-state index in [2.05, 4.69) is 13.0 Å². The number of allylic oxidation sites excluding steroid dienone is 1. The number of aliphatic hydroxyl groups is 2. The first kappa shape index (κ1) is 13.3. The van der Waals surface area contributed by atoms with Crippen molar-refractivity contribution < 1.29 is 10.2 Å². The van der Waals surface area contributed by atoms with E-state index in [4.69, 9.17) is 10.2 Å². The molecule has 11 heavy (non-hydrogen) atoms. The fourth-order valence-corrected chi connectivity index (χ4v) is 0.455. The molecule has 68 valence electrons. The minimum Gasteiger partial charge on any atom is -0.397 e. The number of rotatable bonds is 3. The van der Waals surface area contributed by atoms with Gasteiger partial charge in [-0.15, -0.1) is 0 Å². The van der Waals surface area contributed by atoms with Crippen molar-refractivity contribution in [2.24, 2.45) is 0 Å². The molecule has 0 saturated carbocycles. The first-order chi connectivity index (χ1) is 5.22. The molecule has 0 aromatic rings. The smallest absolute Gasteiger partial charge is 0.0639 e. The van der Waals surface area contributed by atoms with E-state index in [0.29, 0.717) is 0 Å². The predicted molar refractivity (Wildman–Crippen MR) is 48.5 cm³/mol. The number of hydrogen-bond donors (Lipinski definition) is 2. The second kappa shape index (κ2) is 12.3. The van der Waals surface area contributed by atoms with E-state index < -0.39 is 0 Å². The average Bonchev–Trinajstić information content (AvgIpc) is 2.02. The largest absolute Gasteiger partial charge is 0.397 e. The van der Waals surface area contributed by atoms with Gasteiger partial charge in [0.2, 0.25) is 0 Å². The quantitative estimate of drug-likeness (QED) is 0.617. The molecule has 0 aliphatic heterocycles. The number of hydrogen-bond acceptors (Lipinski definition) is 2. The lowest BCUT2D eigenvalue weighted by Crippen LogP contribution is -1.82. The van der Waals surface area contributed by atoms with Gasteiger partial charge in [-0.05, 0) is 20.3 Å². The van der Waals surface area contributed by atoms with Crippen molar-refractivity contribution in [3.05, 3.63) is 11.6 Å². The zero-order chi connectivity index (χ0) is 9.11. The fraction of sp³-hybridized carbons (Fsp3) is 0.778. The molecule has 0 heterocycles. The average molecular weight is 160 g/mol. The maximum Gasteiger partial charge on any atom is 0.0639 e. The normalized spacial score (nSPS) is 10.5. The van der Waals surface area contributed by atoms with E-state index in [1.54, 1.807) is 6.92 Å². The van der Waals surface area contributed by atoms with E-state index in [0.717, 1.165) is 18.4 Å². The van der Waals surface area contributed by atoms with Crippen LogP contribution in [0.15, 0.2) is 11.6 Å². The van der Waals surface area contributed by atoms with E-state index in [-0.39, 0.29) is 13.2 Å². The fourth-order valence-electron chi connectivity index (χ4n) is 0.455. The molecular formula is C9H20O2. The molecule has 0 aliphatic carbocycles. The molecule has 0 spiro atoms.